The minimum absolute atomic E-state index is 0.112. The van der Waals surface area contributed by atoms with Gasteiger partial charge in [-0.15, -0.1) is 10.2 Å². The van der Waals surface area contributed by atoms with Crippen molar-refractivity contribution in [2.75, 3.05) is 16.8 Å². The van der Waals surface area contributed by atoms with Crippen LogP contribution in [-0.4, -0.2) is 60.5 Å². The summed E-state index contributed by atoms with van der Waals surface area (Å²) in [5, 5.41) is 28.3. The molecule has 1 saturated heterocycles. The molecule has 1 aromatic carbocycles. The first kappa shape index (κ1) is 25.9. The van der Waals surface area contributed by atoms with Crippen LogP contribution in [0.1, 0.15) is 60.0 Å². The molecular formula is C24H30FN9O3. The standard InChI is InChI=1S/C24H30FN9O3/c1-13-18(29-22(36)14-7-8-16(17(25)10-14)24(2,3)37)6-5-9-34(13)23-30-21(19(20(26)35)31-32-23)28-15-11-27-33(4)12-15/h7-8,10-13,18,37H,5-6,9H2,1-4H3,(H2,26,35)(H,29,36)(H,28,30,32)/t13-,18-/m1/s1. The molecule has 3 heterocycles. The van der Waals surface area contributed by atoms with Crippen molar-refractivity contribution >= 4 is 29.3 Å². The Morgan fingerprint density at radius 1 is 1.27 bits per heavy atom. The lowest BCUT2D eigenvalue weighted by atomic mass is 9.95. The molecule has 0 radical (unpaired) electrons. The Kier molecular flexibility index (Phi) is 7.07. The summed E-state index contributed by atoms with van der Waals surface area (Å²) in [6.07, 6.45) is 4.70. The van der Waals surface area contributed by atoms with Gasteiger partial charge in [0.2, 0.25) is 5.95 Å². The van der Waals surface area contributed by atoms with E-state index in [9.17, 15) is 19.1 Å². The van der Waals surface area contributed by atoms with E-state index in [1.54, 1.807) is 24.1 Å². The van der Waals surface area contributed by atoms with E-state index < -0.39 is 23.2 Å². The van der Waals surface area contributed by atoms with Crippen molar-refractivity contribution in [2.24, 2.45) is 12.8 Å². The molecule has 4 rings (SSSR count). The highest BCUT2D eigenvalue weighted by Crippen LogP contribution is 2.26. The third-order valence-corrected chi connectivity index (χ3v) is 6.33. The summed E-state index contributed by atoms with van der Waals surface area (Å²) in [6, 6.07) is 3.51. The third-order valence-electron chi connectivity index (χ3n) is 6.33. The van der Waals surface area contributed by atoms with Crippen LogP contribution in [0.15, 0.2) is 30.6 Å². The molecule has 0 aliphatic carbocycles. The van der Waals surface area contributed by atoms with Gasteiger partial charge < -0.3 is 26.4 Å². The summed E-state index contributed by atoms with van der Waals surface area (Å²) < 4.78 is 16.1. The van der Waals surface area contributed by atoms with E-state index in [0.29, 0.717) is 18.7 Å². The van der Waals surface area contributed by atoms with E-state index in [4.69, 9.17) is 5.73 Å². The molecule has 5 N–H and O–H groups in total. The second kappa shape index (κ2) is 10.1. The average molecular weight is 512 g/mol. The smallest absolute Gasteiger partial charge is 0.273 e. The minimum Gasteiger partial charge on any atom is -0.386 e. The van der Waals surface area contributed by atoms with E-state index in [0.717, 1.165) is 12.5 Å². The van der Waals surface area contributed by atoms with Gasteiger partial charge in [0.05, 0.1) is 17.5 Å². The van der Waals surface area contributed by atoms with E-state index in [1.165, 1.54) is 26.0 Å². The van der Waals surface area contributed by atoms with Gasteiger partial charge in [0.1, 0.15) is 5.82 Å². The molecule has 1 aliphatic heterocycles. The maximum Gasteiger partial charge on any atom is 0.273 e. The predicted molar refractivity (Wildman–Crippen MR) is 134 cm³/mol. The number of carbonyl (C=O) groups is 2. The van der Waals surface area contributed by atoms with E-state index >= 15 is 0 Å². The molecule has 1 fully saturated rings. The summed E-state index contributed by atoms with van der Waals surface area (Å²) in [5.41, 5.74) is 4.85. The number of nitrogens with one attached hydrogen (secondary N) is 2. The number of primary amides is 1. The average Bonchev–Trinajstić information content (AvgIpc) is 3.23. The number of aryl methyl sites for hydroxylation is 1. The maximum atomic E-state index is 14.5. The van der Waals surface area contributed by atoms with Crippen LogP contribution in [0.25, 0.3) is 0 Å². The molecule has 196 valence electrons. The number of anilines is 3. The number of aliphatic hydroxyl groups is 1. The number of nitrogens with two attached hydrogens (primary N) is 1. The van der Waals surface area contributed by atoms with Crippen LogP contribution in [0.3, 0.4) is 0 Å². The van der Waals surface area contributed by atoms with Gasteiger partial charge in [0, 0.05) is 43.0 Å². The number of carbonyl (C=O) groups excluding carboxylic acids is 2. The molecule has 13 heteroatoms. The molecule has 1 aliphatic rings. The zero-order valence-electron chi connectivity index (χ0n) is 21.1. The molecule has 3 aromatic rings. The number of hydrogen-bond donors (Lipinski definition) is 4. The number of nitrogens with zero attached hydrogens (tertiary/aromatic N) is 6. The number of rotatable bonds is 7. The van der Waals surface area contributed by atoms with Gasteiger partial charge in [0.15, 0.2) is 11.5 Å². The zero-order valence-corrected chi connectivity index (χ0v) is 21.1. The van der Waals surface area contributed by atoms with Crippen molar-refractivity contribution < 1.29 is 19.1 Å². The maximum absolute atomic E-state index is 14.5. The van der Waals surface area contributed by atoms with Crippen molar-refractivity contribution in [3.63, 3.8) is 0 Å². The van der Waals surface area contributed by atoms with Crippen LogP contribution in [0.5, 0.6) is 0 Å². The molecule has 2 aromatic heterocycles. The van der Waals surface area contributed by atoms with E-state index in [2.05, 4.69) is 30.9 Å². The first-order chi connectivity index (χ1) is 17.4. The number of aromatic nitrogens is 5. The van der Waals surface area contributed by atoms with Gasteiger partial charge in [-0.1, -0.05) is 6.07 Å². The number of halogens is 1. The van der Waals surface area contributed by atoms with Gasteiger partial charge in [-0.25, -0.2) is 4.39 Å². The van der Waals surface area contributed by atoms with E-state index in [-0.39, 0.29) is 40.7 Å². The number of hydrogen-bond acceptors (Lipinski definition) is 9. The van der Waals surface area contributed by atoms with Crippen LogP contribution >= 0.6 is 0 Å². The Labute approximate surface area is 213 Å². The van der Waals surface area contributed by atoms with Crippen molar-refractivity contribution in [2.45, 2.75) is 51.3 Å². The predicted octanol–water partition coefficient (Wildman–Crippen LogP) is 1.60. The van der Waals surface area contributed by atoms with Gasteiger partial charge in [-0.05, 0) is 45.7 Å². The molecule has 2 atom stereocenters. The number of piperidine rings is 1. The van der Waals surface area contributed by atoms with Crippen molar-refractivity contribution in [1.82, 2.24) is 30.3 Å². The second-order valence-electron chi connectivity index (χ2n) is 9.61. The fourth-order valence-electron chi connectivity index (χ4n) is 4.34. The topological polar surface area (TPSA) is 164 Å². The summed E-state index contributed by atoms with van der Waals surface area (Å²) in [6.45, 7) is 5.48. The Balaban J connectivity index is 1.53. The summed E-state index contributed by atoms with van der Waals surface area (Å²) in [4.78, 5) is 31.2. The van der Waals surface area contributed by atoms with Gasteiger partial charge in [-0.3, -0.25) is 14.3 Å². The molecule has 12 nitrogen and oxygen atoms in total. The van der Waals surface area contributed by atoms with Gasteiger partial charge in [-0.2, -0.15) is 10.1 Å². The first-order valence-corrected chi connectivity index (χ1v) is 11.8. The van der Waals surface area contributed by atoms with Crippen LogP contribution in [0, 0.1) is 5.82 Å². The minimum atomic E-state index is -1.36. The lowest BCUT2D eigenvalue weighted by molar-refractivity contribution is 0.0742. The molecule has 0 bridgehead atoms. The third kappa shape index (κ3) is 5.66. The number of amides is 2. The zero-order chi connectivity index (χ0) is 26.9. The summed E-state index contributed by atoms with van der Waals surface area (Å²) in [7, 11) is 1.75. The van der Waals surface area contributed by atoms with Crippen LogP contribution in [0.2, 0.25) is 0 Å². The highest BCUT2D eigenvalue weighted by molar-refractivity contribution is 5.96. The SMILES string of the molecule is C[C@@H]1[C@H](NC(=O)c2ccc(C(C)(C)O)c(F)c2)CCCN1c1nnc(C(N)=O)c(Nc2cnn(C)c2)n1. The molecule has 0 spiro atoms. The molecule has 0 unspecified atom stereocenters. The lowest BCUT2D eigenvalue weighted by Crippen LogP contribution is -2.54. The normalized spacial score (nSPS) is 17.9. The fourth-order valence-corrected chi connectivity index (χ4v) is 4.34. The van der Waals surface area contributed by atoms with Crippen molar-refractivity contribution in [3.05, 3.63) is 53.2 Å². The van der Waals surface area contributed by atoms with Crippen LogP contribution < -0.4 is 21.3 Å². The lowest BCUT2D eigenvalue weighted by Gasteiger charge is -2.39. The molecule has 37 heavy (non-hydrogen) atoms. The first-order valence-electron chi connectivity index (χ1n) is 11.8. The fraction of sp³-hybridized carbons (Fsp3) is 0.417. The number of benzene rings is 1. The Hall–Kier alpha value is -4.13. The summed E-state index contributed by atoms with van der Waals surface area (Å²) in [5.74, 6) is -1.45. The van der Waals surface area contributed by atoms with Gasteiger partial charge in [0.25, 0.3) is 11.8 Å². The second-order valence-corrected chi connectivity index (χ2v) is 9.61. The molecule has 2 amide bonds. The van der Waals surface area contributed by atoms with Crippen LogP contribution in [-0.2, 0) is 12.6 Å². The summed E-state index contributed by atoms with van der Waals surface area (Å²) >= 11 is 0. The van der Waals surface area contributed by atoms with Crippen LogP contribution in [0.4, 0.5) is 21.8 Å². The molecule has 0 saturated carbocycles. The highest BCUT2D eigenvalue weighted by Gasteiger charge is 2.32. The van der Waals surface area contributed by atoms with Gasteiger partial charge >= 0.3 is 0 Å². The Morgan fingerprint density at radius 2 is 2.03 bits per heavy atom. The molecular weight excluding hydrogens is 481 g/mol. The Bertz CT molecular complexity index is 1320. The van der Waals surface area contributed by atoms with E-state index in [1.807, 2.05) is 11.8 Å². The monoisotopic (exact) mass is 511 g/mol. The highest BCUT2D eigenvalue weighted by atomic mass is 19.1. The largest absolute Gasteiger partial charge is 0.386 e. The quantitative estimate of drug-likeness (QED) is 0.369. The van der Waals surface area contributed by atoms with Crippen molar-refractivity contribution in [1.29, 1.82) is 0 Å². The van der Waals surface area contributed by atoms with Crippen molar-refractivity contribution in [3.8, 4) is 0 Å². The Morgan fingerprint density at radius 3 is 2.65 bits per heavy atom.